The molecule has 1 fully saturated rings. The van der Waals surface area contributed by atoms with Gasteiger partial charge in [-0.1, -0.05) is 24.3 Å². The summed E-state index contributed by atoms with van der Waals surface area (Å²) in [6.45, 7) is 2.92. The molecule has 31 heavy (non-hydrogen) atoms. The predicted molar refractivity (Wildman–Crippen MR) is 118 cm³/mol. The van der Waals surface area contributed by atoms with Crippen LogP contribution < -0.4 is 15.5 Å². The number of rotatable bonds is 9. The number of para-hydroxylation sites is 1. The first-order valence-electron chi connectivity index (χ1n) is 10.5. The van der Waals surface area contributed by atoms with E-state index < -0.39 is 0 Å². The fourth-order valence-corrected chi connectivity index (χ4v) is 3.40. The van der Waals surface area contributed by atoms with Crippen LogP contribution in [0.15, 0.2) is 48.7 Å². The summed E-state index contributed by atoms with van der Waals surface area (Å²) in [5.74, 6) is -0.424. The number of anilines is 2. The fourth-order valence-electron chi connectivity index (χ4n) is 3.40. The lowest BCUT2D eigenvalue weighted by Gasteiger charge is -2.24. The quantitative estimate of drug-likeness (QED) is 0.644. The number of ether oxygens (including phenoxy) is 1. The van der Waals surface area contributed by atoms with Crippen molar-refractivity contribution in [2.45, 2.75) is 38.7 Å². The highest BCUT2D eigenvalue weighted by atomic mass is 16.5. The molecular formula is C23H28N4O4. The minimum Gasteiger partial charge on any atom is -0.376 e. The number of benzene rings is 1. The average Bonchev–Trinajstić information content (AvgIpc) is 3.29. The first-order valence-corrected chi connectivity index (χ1v) is 10.5. The second-order valence-corrected chi connectivity index (χ2v) is 7.47. The van der Waals surface area contributed by atoms with Gasteiger partial charge in [0.05, 0.1) is 6.10 Å². The zero-order valence-corrected chi connectivity index (χ0v) is 17.7. The number of nitrogens with one attached hydrogen (secondary N) is 2. The Morgan fingerprint density at radius 2 is 1.90 bits per heavy atom. The maximum atomic E-state index is 13.0. The van der Waals surface area contributed by atoms with Crippen molar-refractivity contribution in [3.63, 3.8) is 0 Å². The number of nitrogens with zero attached hydrogens (tertiary/aromatic N) is 2. The number of carbonyl (C=O) groups is 3. The van der Waals surface area contributed by atoms with E-state index >= 15 is 0 Å². The van der Waals surface area contributed by atoms with Crippen LogP contribution in [0.25, 0.3) is 0 Å². The van der Waals surface area contributed by atoms with E-state index in [9.17, 15) is 14.4 Å². The second kappa shape index (κ2) is 11.2. The van der Waals surface area contributed by atoms with Gasteiger partial charge in [0.2, 0.25) is 17.7 Å². The van der Waals surface area contributed by atoms with Crippen LogP contribution in [0.5, 0.6) is 0 Å². The summed E-state index contributed by atoms with van der Waals surface area (Å²) < 4.78 is 5.53. The van der Waals surface area contributed by atoms with E-state index in [1.807, 2.05) is 25.1 Å². The Hall–Kier alpha value is -3.26. The molecule has 164 valence electrons. The van der Waals surface area contributed by atoms with Crippen LogP contribution in [0.2, 0.25) is 0 Å². The topological polar surface area (TPSA) is 101 Å². The van der Waals surface area contributed by atoms with Crippen LogP contribution in [0.1, 0.15) is 31.2 Å². The number of carbonyl (C=O) groups excluding carboxylic acids is 3. The van der Waals surface area contributed by atoms with Crippen LogP contribution in [-0.4, -0.2) is 48.5 Å². The standard InChI is InChI=1S/C23H28N4O4/c1-17-7-2-3-9-19(17)27(16-22(29)25-15-18-8-6-14-31-18)23(30)12-11-21(28)26-20-10-4-5-13-24-20/h2-5,7,9-10,13,18H,6,8,11-12,14-16H2,1H3,(H,25,29)(H,24,26,28). The van der Waals surface area contributed by atoms with Crippen molar-refractivity contribution in [3.8, 4) is 0 Å². The van der Waals surface area contributed by atoms with Crippen LogP contribution in [0.4, 0.5) is 11.5 Å². The van der Waals surface area contributed by atoms with Crippen LogP contribution in [-0.2, 0) is 19.1 Å². The maximum absolute atomic E-state index is 13.0. The molecule has 0 bridgehead atoms. The van der Waals surface area contributed by atoms with Crippen molar-refractivity contribution in [2.75, 3.05) is 29.9 Å². The molecule has 1 atom stereocenters. The molecule has 2 aromatic rings. The molecule has 1 saturated heterocycles. The molecule has 0 saturated carbocycles. The molecule has 8 heteroatoms. The monoisotopic (exact) mass is 424 g/mol. The van der Waals surface area contributed by atoms with Gasteiger partial charge >= 0.3 is 0 Å². The lowest BCUT2D eigenvalue weighted by atomic mass is 10.1. The first-order chi connectivity index (χ1) is 15.0. The van der Waals surface area contributed by atoms with Crippen LogP contribution in [0.3, 0.4) is 0 Å². The summed E-state index contributed by atoms with van der Waals surface area (Å²) in [5, 5.41) is 5.52. The van der Waals surface area contributed by atoms with Gasteiger partial charge < -0.3 is 20.3 Å². The van der Waals surface area contributed by atoms with E-state index in [1.165, 1.54) is 4.90 Å². The van der Waals surface area contributed by atoms with E-state index in [2.05, 4.69) is 15.6 Å². The molecule has 2 N–H and O–H groups in total. The van der Waals surface area contributed by atoms with E-state index in [0.29, 0.717) is 18.1 Å². The van der Waals surface area contributed by atoms with Crippen molar-refractivity contribution < 1.29 is 19.1 Å². The number of aryl methyl sites for hydroxylation is 1. The van der Waals surface area contributed by atoms with Gasteiger partial charge in [-0.05, 0) is 43.5 Å². The van der Waals surface area contributed by atoms with Crippen LogP contribution in [0, 0.1) is 6.92 Å². The van der Waals surface area contributed by atoms with Gasteiger partial charge in [-0.25, -0.2) is 4.98 Å². The Balaban J connectivity index is 1.60. The Morgan fingerprint density at radius 3 is 2.61 bits per heavy atom. The average molecular weight is 425 g/mol. The maximum Gasteiger partial charge on any atom is 0.240 e. The molecule has 1 unspecified atom stereocenters. The molecule has 3 rings (SSSR count). The van der Waals surface area contributed by atoms with Gasteiger partial charge in [-0.3, -0.25) is 14.4 Å². The molecule has 8 nitrogen and oxygen atoms in total. The molecule has 1 aliphatic heterocycles. The Labute approximate surface area is 182 Å². The van der Waals surface area contributed by atoms with E-state index in [1.54, 1.807) is 30.5 Å². The Bertz CT molecular complexity index is 897. The van der Waals surface area contributed by atoms with Crippen molar-refractivity contribution in [2.24, 2.45) is 0 Å². The molecule has 0 aliphatic carbocycles. The van der Waals surface area contributed by atoms with Gasteiger partial charge in [0.25, 0.3) is 0 Å². The number of hydrogen-bond donors (Lipinski definition) is 2. The molecule has 3 amide bonds. The minimum absolute atomic E-state index is 0.00464. The summed E-state index contributed by atoms with van der Waals surface area (Å²) >= 11 is 0. The highest BCUT2D eigenvalue weighted by Crippen LogP contribution is 2.21. The smallest absolute Gasteiger partial charge is 0.240 e. The molecule has 0 radical (unpaired) electrons. The predicted octanol–water partition coefficient (Wildman–Crippen LogP) is 2.44. The summed E-state index contributed by atoms with van der Waals surface area (Å²) in [4.78, 5) is 43.2. The first kappa shape index (κ1) is 22.4. The highest BCUT2D eigenvalue weighted by molar-refractivity contribution is 6.01. The minimum atomic E-state index is -0.306. The largest absolute Gasteiger partial charge is 0.376 e. The fraction of sp³-hybridized carbons (Fsp3) is 0.391. The molecule has 1 aliphatic rings. The summed E-state index contributed by atoms with van der Waals surface area (Å²) in [6, 6.07) is 12.6. The molecule has 2 heterocycles. The van der Waals surface area contributed by atoms with Crippen molar-refractivity contribution in [1.29, 1.82) is 0 Å². The zero-order valence-electron chi connectivity index (χ0n) is 17.7. The lowest BCUT2D eigenvalue weighted by Crippen LogP contribution is -2.43. The highest BCUT2D eigenvalue weighted by Gasteiger charge is 2.22. The summed E-state index contributed by atoms with van der Waals surface area (Å²) in [7, 11) is 0. The third kappa shape index (κ3) is 6.89. The molecule has 1 aromatic carbocycles. The van der Waals surface area contributed by atoms with Gasteiger partial charge in [-0.2, -0.15) is 0 Å². The SMILES string of the molecule is Cc1ccccc1N(CC(=O)NCC1CCCO1)C(=O)CCC(=O)Nc1ccccn1. The van der Waals surface area contributed by atoms with Crippen LogP contribution >= 0.6 is 0 Å². The molecule has 1 aromatic heterocycles. The van der Waals surface area contributed by atoms with Gasteiger partial charge in [0.1, 0.15) is 12.4 Å². The Kier molecular flexibility index (Phi) is 8.12. The molecule has 0 spiro atoms. The number of pyridine rings is 1. The van der Waals surface area contributed by atoms with Gasteiger partial charge in [-0.15, -0.1) is 0 Å². The lowest BCUT2D eigenvalue weighted by molar-refractivity contribution is -0.125. The third-order valence-corrected chi connectivity index (χ3v) is 5.06. The van der Waals surface area contributed by atoms with E-state index in [0.717, 1.165) is 25.0 Å². The third-order valence-electron chi connectivity index (χ3n) is 5.06. The van der Waals surface area contributed by atoms with Crippen molar-refractivity contribution in [1.82, 2.24) is 10.3 Å². The van der Waals surface area contributed by atoms with E-state index in [4.69, 9.17) is 4.74 Å². The number of aromatic nitrogens is 1. The second-order valence-electron chi connectivity index (χ2n) is 7.47. The van der Waals surface area contributed by atoms with Crippen molar-refractivity contribution >= 4 is 29.2 Å². The number of amides is 3. The van der Waals surface area contributed by atoms with Crippen molar-refractivity contribution in [3.05, 3.63) is 54.2 Å². The van der Waals surface area contributed by atoms with Gasteiger partial charge in [0, 0.05) is 37.9 Å². The molecular weight excluding hydrogens is 396 g/mol. The normalized spacial score (nSPS) is 15.3. The van der Waals surface area contributed by atoms with E-state index in [-0.39, 0.29) is 43.2 Å². The van der Waals surface area contributed by atoms with Gasteiger partial charge in [0.15, 0.2) is 0 Å². The number of hydrogen-bond acceptors (Lipinski definition) is 5. The summed E-state index contributed by atoms with van der Waals surface area (Å²) in [5.41, 5.74) is 1.53. The summed E-state index contributed by atoms with van der Waals surface area (Å²) in [6.07, 6.45) is 3.50. The Morgan fingerprint density at radius 1 is 1.10 bits per heavy atom. The zero-order chi connectivity index (χ0) is 22.1.